The van der Waals surface area contributed by atoms with E-state index in [9.17, 15) is 9.59 Å². The summed E-state index contributed by atoms with van der Waals surface area (Å²) >= 11 is 1.88. The number of carboxylic acid groups (broad SMARTS) is 1. The lowest BCUT2D eigenvalue weighted by Crippen LogP contribution is -2.53. The fraction of sp³-hybridized carbons (Fsp3) is 0.846. The predicted octanol–water partition coefficient (Wildman–Crippen LogP) is 2.12. The summed E-state index contributed by atoms with van der Waals surface area (Å²) < 4.78 is 0. The molecular formula is C13H24N2O3S. The van der Waals surface area contributed by atoms with E-state index in [0.29, 0.717) is 13.0 Å². The molecule has 1 aliphatic heterocycles. The molecule has 1 unspecified atom stereocenters. The molecule has 1 fully saturated rings. The molecule has 2 amide bonds. The Labute approximate surface area is 119 Å². The third-order valence-corrected chi connectivity index (χ3v) is 4.46. The van der Waals surface area contributed by atoms with Crippen molar-refractivity contribution in [3.05, 3.63) is 0 Å². The highest BCUT2D eigenvalue weighted by Crippen LogP contribution is 2.18. The van der Waals surface area contributed by atoms with Crippen molar-refractivity contribution in [3.8, 4) is 0 Å². The summed E-state index contributed by atoms with van der Waals surface area (Å²) in [4.78, 5) is 26.8. The highest BCUT2D eigenvalue weighted by Gasteiger charge is 2.28. The topological polar surface area (TPSA) is 60.9 Å². The lowest BCUT2D eigenvalue weighted by atomic mass is 10.2. The highest BCUT2D eigenvalue weighted by molar-refractivity contribution is 7.99. The smallest absolute Gasteiger partial charge is 0.320 e. The Bertz CT molecular complexity index is 323. The van der Waals surface area contributed by atoms with Crippen molar-refractivity contribution >= 4 is 23.8 Å². The fourth-order valence-corrected chi connectivity index (χ4v) is 3.17. The second kappa shape index (κ2) is 7.62. The van der Waals surface area contributed by atoms with Crippen LogP contribution in [0.2, 0.25) is 0 Å². The summed E-state index contributed by atoms with van der Waals surface area (Å²) in [5.41, 5.74) is 0. The average Bonchev–Trinajstić information content (AvgIpc) is 2.33. The zero-order valence-corrected chi connectivity index (χ0v) is 12.8. The van der Waals surface area contributed by atoms with Gasteiger partial charge in [-0.25, -0.2) is 4.79 Å². The Balaban J connectivity index is 2.58. The molecule has 0 saturated carbocycles. The van der Waals surface area contributed by atoms with Crippen LogP contribution in [-0.4, -0.2) is 63.6 Å². The van der Waals surface area contributed by atoms with Gasteiger partial charge in [-0.1, -0.05) is 0 Å². The number of nitrogens with zero attached hydrogens (tertiary/aromatic N) is 2. The number of carboxylic acids is 1. The van der Waals surface area contributed by atoms with Crippen molar-refractivity contribution in [2.75, 3.05) is 24.6 Å². The molecule has 1 aliphatic rings. The molecule has 0 aliphatic carbocycles. The Kier molecular flexibility index (Phi) is 6.48. The van der Waals surface area contributed by atoms with Gasteiger partial charge in [0.1, 0.15) is 0 Å². The lowest BCUT2D eigenvalue weighted by Gasteiger charge is -2.38. The zero-order chi connectivity index (χ0) is 14.4. The van der Waals surface area contributed by atoms with E-state index in [0.717, 1.165) is 18.1 Å². The Morgan fingerprint density at radius 1 is 1.47 bits per heavy atom. The van der Waals surface area contributed by atoms with Crippen molar-refractivity contribution in [2.45, 2.75) is 45.7 Å². The molecule has 1 N–H and O–H groups in total. The number of urea groups is 1. The van der Waals surface area contributed by atoms with Crippen LogP contribution < -0.4 is 0 Å². The van der Waals surface area contributed by atoms with Crippen LogP contribution in [0.4, 0.5) is 4.79 Å². The first-order valence-corrected chi connectivity index (χ1v) is 7.95. The highest BCUT2D eigenvalue weighted by atomic mass is 32.2. The first kappa shape index (κ1) is 16.1. The summed E-state index contributed by atoms with van der Waals surface area (Å²) in [5, 5.41) is 8.68. The molecule has 1 heterocycles. The van der Waals surface area contributed by atoms with Crippen LogP contribution in [0.3, 0.4) is 0 Å². The van der Waals surface area contributed by atoms with Crippen LogP contribution in [0.15, 0.2) is 0 Å². The van der Waals surface area contributed by atoms with Gasteiger partial charge in [-0.05, 0) is 27.2 Å². The van der Waals surface area contributed by atoms with E-state index in [1.54, 1.807) is 4.90 Å². The van der Waals surface area contributed by atoms with Gasteiger partial charge in [0.05, 0.1) is 0 Å². The molecule has 1 atom stereocenters. The van der Waals surface area contributed by atoms with Crippen molar-refractivity contribution in [2.24, 2.45) is 0 Å². The first-order valence-electron chi connectivity index (χ1n) is 6.80. The molecule has 5 nitrogen and oxygen atoms in total. The van der Waals surface area contributed by atoms with Crippen molar-refractivity contribution in [1.82, 2.24) is 9.80 Å². The molecule has 110 valence electrons. The number of aliphatic carboxylic acids is 1. The number of rotatable bonds is 5. The van der Waals surface area contributed by atoms with Gasteiger partial charge in [0, 0.05) is 43.1 Å². The standard InChI is InChI=1S/C13H24N2O3S/c1-10(2)14(6-4-5-12(16)17)13(18)15-7-8-19-9-11(15)3/h10-11H,4-9H2,1-3H3,(H,16,17). The number of carbonyl (C=O) groups is 2. The molecule has 0 radical (unpaired) electrons. The minimum absolute atomic E-state index is 0.0492. The maximum absolute atomic E-state index is 12.5. The molecule has 6 heteroatoms. The van der Waals surface area contributed by atoms with Crippen LogP contribution in [0.1, 0.15) is 33.6 Å². The average molecular weight is 288 g/mol. The third kappa shape index (κ3) is 4.93. The number of amides is 2. The van der Waals surface area contributed by atoms with E-state index < -0.39 is 5.97 Å². The van der Waals surface area contributed by atoms with Crippen LogP contribution in [-0.2, 0) is 4.79 Å². The molecule has 0 aromatic rings. The minimum Gasteiger partial charge on any atom is -0.481 e. The number of hydrogen-bond acceptors (Lipinski definition) is 3. The fourth-order valence-electron chi connectivity index (χ4n) is 2.15. The van der Waals surface area contributed by atoms with Gasteiger partial charge in [-0.15, -0.1) is 0 Å². The van der Waals surface area contributed by atoms with E-state index in [-0.39, 0.29) is 24.5 Å². The van der Waals surface area contributed by atoms with Gasteiger partial charge >= 0.3 is 12.0 Å². The van der Waals surface area contributed by atoms with E-state index >= 15 is 0 Å². The van der Waals surface area contributed by atoms with Gasteiger partial charge < -0.3 is 14.9 Å². The van der Waals surface area contributed by atoms with E-state index in [1.165, 1.54) is 0 Å². The molecule has 1 saturated heterocycles. The third-order valence-electron chi connectivity index (χ3n) is 3.27. The number of thioether (sulfide) groups is 1. The second-order valence-electron chi connectivity index (χ2n) is 5.18. The van der Waals surface area contributed by atoms with Crippen LogP contribution in [0.25, 0.3) is 0 Å². The summed E-state index contributed by atoms with van der Waals surface area (Å²) in [6, 6.07) is 0.406. The van der Waals surface area contributed by atoms with Gasteiger partial charge in [-0.3, -0.25) is 4.79 Å². The molecule has 1 rings (SSSR count). The molecule has 0 aromatic heterocycles. The molecule has 0 aromatic carbocycles. The van der Waals surface area contributed by atoms with Gasteiger partial charge in [-0.2, -0.15) is 11.8 Å². The molecule has 19 heavy (non-hydrogen) atoms. The Hall–Kier alpha value is -0.910. The predicted molar refractivity (Wildman–Crippen MR) is 77.6 cm³/mol. The van der Waals surface area contributed by atoms with Crippen molar-refractivity contribution in [1.29, 1.82) is 0 Å². The first-order chi connectivity index (χ1) is 8.93. The number of carbonyl (C=O) groups excluding carboxylic acids is 1. The van der Waals surface area contributed by atoms with E-state index in [4.69, 9.17) is 5.11 Å². The lowest BCUT2D eigenvalue weighted by molar-refractivity contribution is -0.137. The molecular weight excluding hydrogens is 264 g/mol. The zero-order valence-electron chi connectivity index (χ0n) is 12.0. The monoisotopic (exact) mass is 288 g/mol. The minimum atomic E-state index is -0.807. The summed E-state index contributed by atoms with van der Waals surface area (Å²) in [6.45, 7) is 7.32. The normalized spacial score (nSPS) is 19.6. The maximum atomic E-state index is 12.5. The SMILES string of the molecule is CC(C)N(CCCC(=O)O)C(=O)N1CCSCC1C. The Morgan fingerprint density at radius 2 is 2.16 bits per heavy atom. The van der Waals surface area contributed by atoms with Gasteiger partial charge in [0.2, 0.25) is 0 Å². The Morgan fingerprint density at radius 3 is 2.68 bits per heavy atom. The summed E-state index contributed by atoms with van der Waals surface area (Å²) in [5.74, 6) is 1.16. The van der Waals surface area contributed by atoms with E-state index in [1.807, 2.05) is 30.5 Å². The van der Waals surface area contributed by atoms with Crippen LogP contribution >= 0.6 is 11.8 Å². The summed E-state index contributed by atoms with van der Waals surface area (Å²) in [6.07, 6.45) is 0.623. The second-order valence-corrected chi connectivity index (χ2v) is 6.33. The number of hydrogen-bond donors (Lipinski definition) is 1. The maximum Gasteiger partial charge on any atom is 0.320 e. The van der Waals surface area contributed by atoms with Crippen molar-refractivity contribution < 1.29 is 14.7 Å². The van der Waals surface area contributed by atoms with Crippen molar-refractivity contribution in [3.63, 3.8) is 0 Å². The quantitative estimate of drug-likeness (QED) is 0.842. The molecule has 0 spiro atoms. The van der Waals surface area contributed by atoms with E-state index in [2.05, 4.69) is 6.92 Å². The van der Waals surface area contributed by atoms with Crippen LogP contribution in [0.5, 0.6) is 0 Å². The largest absolute Gasteiger partial charge is 0.481 e. The van der Waals surface area contributed by atoms with Gasteiger partial charge in [0.15, 0.2) is 0 Å². The summed E-state index contributed by atoms with van der Waals surface area (Å²) in [7, 11) is 0. The molecule has 0 bridgehead atoms. The van der Waals surface area contributed by atoms with Gasteiger partial charge in [0.25, 0.3) is 0 Å². The van der Waals surface area contributed by atoms with Crippen LogP contribution in [0, 0.1) is 0 Å².